The molecule has 1 heterocycles. The molecule has 1 atom stereocenters. The number of carboxylic acid groups (broad SMARTS) is 1. The number of pyridine rings is 1. The topological polar surface area (TPSA) is 77.9 Å². The van der Waals surface area contributed by atoms with Gasteiger partial charge in [0.1, 0.15) is 23.2 Å². The summed E-state index contributed by atoms with van der Waals surface area (Å²) in [5.74, 6) is -2.21. The zero-order valence-electron chi connectivity index (χ0n) is 14.2. The Hall–Kier alpha value is -3.04. The normalized spacial score (nSPS) is 12.4. The molecular formula is C17H15F4NO5. The number of hydrogen-bond acceptors (Lipinski definition) is 5. The Morgan fingerprint density at radius 1 is 1.22 bits per heavy atom. The van der Waals surface area contributed by atoms with E-state index in [1.165, 1.54) is 20.1 Å². The number of aromatic carboxylic acids is 1. The van der Waals surface area contributed by atoms with Gasteiger partial charge in [0.15, 0.2) is 11.5 Å². The lowest BCUT2D eigenvalue weighted by Gasteiger charge is -2.15. The number of rotatable bonds is 7. The maximum atomic E-state index is 13.2. The largest absolute Gasteiger partial charge is 0.573 e. The molecule has 2 rings (SSSR count). The molecule has 0 spiro atoms. The Labute approximate surface area is 151 Å². The summed E-state index contributed by atoms with van der Waals surface area (Å²) >= 11 is 0. The summed E-state index contributed by atoms with van der Waals surface area (Å²) in [4.78, 5) is 15.2. The Bertz CT molecular complexity index is 823. The van der Waals surface area contributed by atoms with Crippen molar-refractivity contribution in [2.75, 3.05) is 7.11 Å². The molecule has 1 unspecified atom stereocenters. The number of methoxy groups -OCH3 is 1. The predicted octanol–water partition coefficient (Wildman–Crippen LogP) is 4.38. The predicted molar refractivity (Wildman–Crippen MR) is 85.2 cm³/mol. The Balaban J connectivity index is 2.38. The summed E-state index contributed by atoms with van der Waals surface area (Å²) in [5.41, 5.74) is -0.0519. The maximum absolute atomic E-state index is 13.2. The van der Waals surface area contributed by atoms with Gasteiger partial charge in [-0.3, -0.25) is 4.98 Å². The average molecular weight is 389 g/mol. The lowest BCUT2D eigenvalue weighted by molar-refractivity contribution is -0.274. The monoisotopic (exact) mass is 389 g/mol. The Kier molecular flexibility index (Phi) is 6.09. The number of carbonyl (C=O) groups is 1. The van der Waals surface area contributed by atoms with Crippen LogP contribution >= 0.6 is 0 Å². The summed E-state index contributed by atoms with van der Waals surface area (Å²) in [7, 11) is 1.19. The fourth-order valence-electron chi connectivity index (χ4n) is 2.17. The lowest BCUT2D eigenvalue weighted by Crippen LogP contribution is -2.17. The molecule has 0 fully saturated rings. The summed E-state index contributed by atoms with van der Waals surface area (Å²) in [6.07, 6.45) is -5.14. The molecule has 2 aromatic rings. The van der Waals surface area contributed by atoms with Crippen molar-refractivity contribution in [2.24, 2.45) is 0 Å². The second-order valence-corrected chi connectivity index (χ2v) is 5.42. The summed E-state index contributed by atoms with van der Waals surface area (Å²) in [5, 5.41) is 9.24. The van der Waals surface area contributed by atoms with Crippen LogP contribution in [0.15, 0.2) is 30.5 Å². The number of nitrogens with zero attached hydrogens (tertiary/aromatic N) is 1. The van der Waals surface area contributed by atoms with E-state index in [9.17, 15) is 27.5 Å². The van der Waals surface area contributed by atoms with Gasteiger partial charge < -0.3 is 19.3 Å². The first kappa shape index (κ1) is 20.3. The van der Waals surface area contributed by atoms with E-state index in [1.807, 2.05) is 0 Å². The molecule has 6 nitrogen and oxygen atoms in total. The minimum atomic E-state index is -4.88. The van der Waals surface area contributed by atoms with Gasteiger partial charge in [-0.05, 0) is 19.1 Å². The van der Waals surface area contributed by atoms with Crippen LogP contribution in [0.2, 0.25) is 0 Å². The van der Waals surface area contributed by atoms with Crippen molar-refractivity contribution in [3.05, 3.63) is 41.7 Å². The van der Waals surface area contributed by atoms with Crippen LogP contribution in [-0.4, -0.2) is 35.7 Å². The van der Waals surface area contributed by atoms with Gasteiger partial charge in [0.25, 0.3) is 0 Å². The van der Waals surface area contributed by atoms with E-state index >= 15 is 0 Å². The molecule has 0 bridgehead atoms. The number of carboxylic acids is 1. The molecular weight excluding hydrogens is 374 g/mol. The average Bonchev–Trinajstić information content (AvgIpc) is 2.54. The minimum absolute atomic E-state index is 0.0556. The molecule has 0 aliphatic rings. The van der Waals surface area contributed by atoms with Crippen LogP contribution in [0.25, 0.3) is 0 Å². The van der Waals surface area contributed by atoms with Gasteiger partial charge in [0.05, 0.1) is 7.11 Å². The van der Waals surface area contributed by atoms with Crippen LogP contribution in [0.5, 0.6) is 23.0 Å². The molecule has 1 aromatic heterocycles. The van der Waals surface area contributed by atoms with Gasteiger partial charge >= 0.3 is 12.3 Å². The highest BCUT2D eigenvalue weighted by Crippen LogP contribution is 2.37. The number of aromatic nitrogens is 1. The highest BCUT2D eigenvalue weighted by atomic mass is 19.4. The van der Waals surface area contributed by atoms with Crippen LogP contribution in [-0.2, 0) is 6.42 Å². The van der Waals surface area contributed by atoms with Crippen molar-refractivity contribution in [1.82, 2.24) is 4.98 Å². The number of halogens is 4. The van der Waals surface area contributed by atoms with Crippen molar-refractivity contribution in [3.63, 3.8) is 0 Å². The highest BCUT2D eigenvalue weighted by molar-refractivity contribution is 5.90. The van der Waals surface area contributed by atoms with Crippen LogP contribution in [0.4, 0.5) is 17.6 Å². The fraction of sp³-hybridized carbons (Fsp3) is 0.294. The number of benzene rings is 1. The molecule has 1 aromatic carbocycles. The first-order chi connectivity index (χ1) is 12.6. The van der Waals surface area contributed by atoms with Gasteiger partial charge in [-0.15, -0.1) is 13.2 Å². The quantitative estimate of drug-likeness (QED) is 0.708. The number of alkyl halides is 4. The maximum Gasteiger partial charge on any atom is 0.573 e. The second-order valence-electron chi connectivity index (χ2n) is 5.42. The smallest absolute Gasteiger partial charge is 0.493 e. The number of hydrogen-bond donors (Lipinski definition) is 1. The van der Waals surface area contributed by atoms with Crippen molar-refractivity contribution < 1.29 is 41.7 Å². The van der Waals surface area contributed by atoms with E-state index in [0.29, 0.717) is 0 Å². The molecule has 0 radical (unpaired) electrons. The van der Waals surface area contributed by atoms with Crippen LogP contribution in [0, 0.1) is 0 Å². The van der Waals surface area contributed by atoms with Gasteiger partial charge in [0.2, 0.25) is 0 Å². The third-order valence-corrected chi connectivity index (χ3v) is 3.23. The van der Waals surface area contributed by atoms with Gasteiger partial charge in [-0.1, -0.05) is 0 Å². The number of ether oxygens (including phenoxy) is 3. The van der Waals surface area contributed by atoms with E-state index in [2.05, 4.69) is 9.72 Å². The standard InChI is InChI=1S/C17H15F4NO5/c1-9(18)5-10-6-14(12(8-22-10)16(23)24)26-13-4-3-11(7-15(13)25-2)27-17(19,20)21/h3-4,6-9H,5H2,1-2H3,(H,23,24). The molecule has 146 valence electrons. The molecule has 0 aliphatic carbocycles. The second kappa shape index (κ2) is 8.11. The SMILES string of the molecule is COc1cc(OC(F)(F)F)ccc1Oc1cc(CC(C)F)ncc1C(=O)O. The zero-order chi connectivity index (χ0) is 20.2. The van der Waals surface area contributed by atoms with Gasteiger partial charge in [-0.2, -0.15) is 0 Å². The van der Waals surface area contributed by atoms with E-state index in [0.717, 1.165) is 24.4 Å². The van der Waals surface area contributed by atoms with Crippen molar-refractivity contribution in [1.29, 1.82) is 0 Å². The van der Waals surface area contributed by atoms with E-state index in [4.69, 9.17) is 9.47 Å². The van der Waals surface area contributed by atoms with Gasteiger partial charge in [0, 0.05) is 30.4 Å². The van der Waals surface area contributed by atoms with Crippen LogP contribution < -0.4 is 14.2 Å². The molecule has 10 heteroatoms. The van der Waals surface area contributed by atoms with Crippen molar-refractivity contribution in [2.45, 2.75) is 25.9 Å². The molecule has 0 saturated carbocycles. The molecule has 0 amide bonds. The van der Waals surface area contributed by atoms with Crippen LogP contribution in [0.1, 0.15) is 23.0 Å². The van der Waals surface area contributed by atoms with Crippen molar-refractivity contribution >= 4 is 5.97 Å². The summed E-state index contributed by atoms with van der Waals surface area (Å²) in [6.45, 7) is 1.32. The van der Waals surface area contributed by atoms with Gasteiger partial charge in [-0.25, -0.2) is 9.18 Å². The molecule has 27 heavy (non-hydrogen) atoms. The lowest BCUT2D eigenvalue weighted by atomic mass is 10.1. The first-order valence-electron chi connectivity index (χ1n) is 7.57. The van der Waals surface area contributed by atoms with Crippen molar-refractivity contribution in [3.8, 4) is 23.0 Å². The van der Waals surface area contributed by atoms with Crippen LogP contribution in [0.3, 0.4) is 0 Å². The molecule has 0 aliphatic heterocycles. The third-order valence-electron chi connectivity index (χ3n) is 3.23. The van der Waals surface area contributed by atoms with E-state index in [1.54, 1.807) is 0 Å². The molecule has 0 saturated heterocycles. The van der Waals surface area contributed by atoms with E-state index < -0.39 is 24.3 Å². The van der Waals surface area contributed by atoms with E-state index in [-0.39, 0.29) is 34.9 Å². The minimum Gasteiger partial charge on any atom is -0.493 e. The Morgan fingerprint density at radius 3 is 2.48 bits per heavy atom. The first-order valence-corrected chi connectivity index (χ1v) is 7.57. The zero-order valence-corrected chi connectivity index (χ0v) is 14.2. The highest BCUT2D eigenvalue weighted by Gasteiger charge is 2.31. The summed E-state index contributed by atoms with van der Waals surface area (Å²) < 4.78 is 64.4. The third kappa shape index (κ3) is 5.73. The fourth-order valence-corrected chi connectivity index (χ4v) is 2.17. The summed E-state index contributed by atoms with van der Waals surface area (Å²) in [6, 6.07) is 4.30. The Morgan fingerprint density at radius 2 is 1.93 bits per heavy atom. The molecule has 1 N–H and O–H groups in total.